The molecule has 2 aromatic rings. The van der Waals surface area contributed by atoms with Crippen molar-refractivity contribution in [2.24, 2.45) is 0 Å². The van der Waals surface area contributed by atoms with Crippen LogP contribution in [0.3, 0.4) is 0 Å². The van der Waals surface area contributed by atoms with Crippen molar-refractivity contribution in [3.05, 3.63) is 35.4 Å². The second-order valence-electron chi connectivity index (χ2n) is 3.87. The third-order valence-corrected chi connectivity index (χ3v) is 3.00. The smallest absolute Gasteiger partial charge is 0.374 e. The van der Waals surface area contributed by atoms with E-state index in [-0.39, 0.29) is 16.7 Å². The first-order valence-corrected chi connectivity index (χ1v) is 6.21. The quantitative estimate of drug-likeness (QED) is 0.911. The van der Waals surface area contributed by atoms with Gasteiger partial charge in [-0.1, -0.05) is 23.5 Å². The Bertz CT molecular complexity index is 609. The van der Waals surface area contributed by atoms with Crippen molar-refractivity contribution in [2.45, 2.75) is 12.6 Å². The molecule has 0 radical (unpaired) electrons. The van der Waals surface area contributed by atoms with Crippen molar-refractivity contribution >= 4 is 27.5 Å². The second kappa shape index (κ2) is 5.45. The van der Waals surface area contributed by atoms with Gasteiger partial charge in [-0.3, -0.25) is 4.79 Å². The van der Waals surface area contributed by atoms with Crippen LogP contribution in [0.15, 0.2) is 24.3 Å². The van der Waals surface area contributed by atoms with E-state index in [2.05, 4.69) is 15.5 Å². The molecule has 1 heterocycles. The van der Waals surface area contributed by atoms with Gasteiger partial charge in [0.2, 0.25) is 16.2 Å². The van der Waals surface area contributed by atoms with E-state index in [9.17, 15) is 18.0 Å². The highest BCUT2D eigenvalue weighted by atomic mass is 32.1. The molecule has 0 spiro atoms. The Kier molecular flexibility index (Phi) is 3.89. The number of hydrogen-bond acceptors (Lipinski definition) is 5. The number of hydrogen-bond donors (Lipinski definition) is 2. The molecule has 1 aromatic carbocycles. The largest absolute Gasteiger partial charge is 0.416 e. The Morgan fingerprint density at radius 3 is 2.40 bits per heavy atom. The highest BCUT2D eigenvalue weighted by molar-refractivity contribution is 7.18. The normalized spacial score (nSPS) is 11.3. The first-order valence-electron chi connectivity index (χ1n) is 5.39. The molecule has 0 aliphatic rings. The summed E-state index contributed by atoms with van der Waals surface area (Å²) < 4.78 is 37.1. The molecule has 9 heteroatoms. The van der Waals surface area contributed by atoms with Crippen LogP contribution >= 0.6 is 11.3 Å². The summed E-state index contributed by atoms with van der Waals surface area (Å²) in [5.74, 6) is -0.402. The third kappa shape index (κ3) is 3.67. The highest BCUT2D eigenvalue weighted by Gasteiger charge is 2.29. The molecule has 0 aliphatic heterocycles. The standard InChI is InChI=1S/C11H9F3N4OS/c12-11(13,14)7-3-1-6(2-4-7)5-8(19)16-10-18-17-9(15)20-10/h1-4H,5H2,(H2,15,17)(H,16,18,19). The van der Waals surface area contributed by atoms with E-state index in [1.54, 1.807) is 0 Å². The molecule has 1 amide bonds. The second-order valence-corrected chi connectivity index (χ2v) is 4.87. The molecule has 20 heavy (non-hydrogen) atoms. The molecule has 0 atom stereocenters. The van der Waals surface area contributed by atoms with Gasteiger partial charge in [0.15, 0.2) is 0 Å². The number of nitrogens with one attached hydrogen (secondary N) is 1. The van der Waals surface area contributed by atoms with Gasteiger partial charge in [-0.25, -0.2) is 0 Å². The predicted octanol–water partition coefficient (Wildman–Crippen LogP) is 2.32. The Balaban J connectivity index is 1.98. The maximum atomic E-state index is 12.4. The number of carbonyl (C=O) groups is 1. The first kappa shape index (κ1) is 14.3. The average Bonchev–Trinajstić information content (AvgIpc) is 2.74. The monoisotopic (exact) mass is 302 g/mol. The van der Waals surface area contributed by atoms with Crippen LogP contribution in [0.2, 0.25) is 0 Å². The first-order chi connectivity index (χ1) is 9.34. The van der Waals surface area contributed by atoms with Gasteiger partial charge in [-0.2, -0.15) is 13.2 Å². The average molecular weight is 302 g/mol. The minimum Gasteiger partial charge on any atom is -0.374 e. The number of nitrogen functional groups attached to an aromatic ring is 1. The number of nitrogens with zero attached hydrogens (tertiary/aromatic N) is 2. The zero-order valence-corrected chi connectivity index (χ0v) is 10.8. The Hall–Kier alpha value is -2.16. The van der Waals surface area contributed by atoms with Gasteiger partial charge < -0.3 is 11.1 Å². The maximum Gasteiger partial charge on any atom is 0.416 e. The molecule has 5 nitrogen and oxygen atoms in total. The van der Waals surface area contributed by atoms with Crippen molar-refractivity contribution < 1.29 is 18.0 Å². The number of carbonyl (C=O) groups excluding carboxylic acids is 1. The lowest BCUT2D eigenvalue weighted by Gasteiger charge is -2.07. The summed E-state index contributed by atoms with van der Waals surface area (Å²) in [6.07, 6.45) is -4.44. The molecule has 3 N–H and O–H groups in total. The number of nitrogens with two attached hydrogens (primary N) is 1. The van der Waals surface area contributed by atoms with Gasteiger partial charge in [0, 0.05) is 0 Å². The molecule has 0 saturated heterocycles. The summed E-state index contributed by atoms with van der Waals surface area (Å²) in [6, 6.07) is 4.39. The molecule has 0 bridgehead atoms. The fourth-order valence-corrected chi connectivity index (χ4v) is 1.97. The molecule has 2 rings (SSSR count). The highest BCUT2D eigenvalue weighted by Crippen LogP contribution is 2.29. The number of alkyl halides is 3. The van der Waals surface area contributed by atoms with Crippen LogP contribution in [0.1, 0.15) is 11.1 Å². The van der Waals surface area contributed by atoms with Gasteiger partial charge in [0.1, 0.15) is 0 Å². The third-order valence-electron chi connectivity index (χ3n) is 2.33. The lowest BCUT2D eigenvalue weighted by Crippen LogP contribution is -2.14. The maximum absolute atomic E-state index is 12.4. The summed E-state index contributed by atoms with van der Waals surface area (Å²) in [5, 5.41) is 10.1. The number of rotatable bonds is 3. The van der Waals surface area contributed by atoms with E-state index in [0.29, 0.717) is 5.56 Å². The summed E-state index contributed by atoms with van der Waals surface area (Å²) in [6.45, 7) is 0. The SMILES string of the molecule is Nc1nnc(NC(=O)Cc2ccc(C(F)(F)F)cc2)s1. The van der Waals surface area contributed by atoms with E-state index < -0.39 is 17.6 Å². The number of aromatic nitrogens is 2. The van der Waals surface area contributed by atoms with E-state index in [0.717, 1.165) is 23.5 Å². The van der Waals surface area contributed by atoms with Crippen LogP contribution in [-0.4, -0.2) is 16.1 Å². The molecule has 0 unspecified atom stereocenters. The van der Waals surface area contributed by atoms with Gasteiger partial charge in [0.05, 0.1) is 12.0 Å². The Morgan fingerprint density at radius 2 is 1.90 bits per heavy atom. The molecule has 1 aromatic heterocycles. The minimum atomic E-state index is -4.38. The van der Waals surface area contributed by atoms with Crippen molar-refractivity contribution in [3.63, 3.8) is 0 Å². The summed E-state index contributed by atoms with van der Waals surface area (Å²) in [7, 11) is 0. The van der Waals surface area contributed by atoms with Crippen LogP contribution in [-0.2, 0) is 17.4 Å². The number of halogens is 3. The van der Waals surface area contributed by atoms with E-state index >= 15 is 0 Å². The molecule has 0 fully saturated rings. The van der Waals surface area contributed by atoms with Gasteiger partial charge in [0.25, 0.3) is 0 Å². The molecule has 0 saturated carbocycles. The van der Waals surface area contributed by atoms with Crippen LogP contribution in [0.4, 0.5) is 23.4 Å². The fourth-order valence-electron chi connectivity index (χ4n) is 1.45. The molecule has 0 aliphatic carbocycles. The molecular weight excluding hydrogens is 293 g/mol. The van der Waals surface area contributed by atoms with Gasteiger partial charge in [-0.05, 0) is 17.7 Å². The molecular formula is C11H9F3N4OS. The topological polar surface area (TPSA) is 80.9 Å². The van der Waals surface area contributed by atoms with Crippen molar-refractivity contribution in [2.75, 3.05) is 11.1 Å². The summed E-state index contributed by atoms with van der Waals surface area (Å²) in [5.41, 5.74) is 5.07. The number of amides is 1. The predicted molar refractivity (Wildman–Crippen MR) is 68.1 cm³/mol. The van der Waals surface area contributed by atoms with Crippen molar-refractivity contribution in [1.29, 1.82) is 0 Å². The Labute approximate surface area is 115 Å². The summed E-state index contributed by atoms with van der Waals surface area (Å²) in [4.78, 5) is 11.6. The number of benzene rings is 1. The fraction of sp³-hybridized carbons (Fsp3) is 0.182. The van der Waals surface area contributed by atoms with E-state index in [4.69, 9.17) is 5.73 Å². The van der Waals surface area contributed by atoms with E-state index in [1.807, 2.05) is 0 Å². The van der Waals surface area contributed by atoms with Gasteiger partial charge in [-0.15, -0.1) is 10.2 Å². The van der Waals surface area contributed by atoms with E-state index in [1.165, 1.54) is 12.1 Å². The van der Waals surface area contributed by atoms with Crippen molar-refractivity contribution in [1.82, 2.24) is 10.2 Å². The van der Waals surface area contributed by atoms with Crippen LogP contribution in [0.5, 0.6) is 0 Å². The molecule has 106 valence electrons. The lowest BCUT2D eigenvalue weighted by atomic mass is 10.1. The minimum absolute atomic E-state index is 0.0579. The zero-order valence-electron chi connectivity index (χ0n) is 9.94. The van der Waals surface area contributed by atoms with Crippen molar-refractivity contribution in [3.8, 4) is 0 Å². The summed E-state index contributed by atoms with van der Waals surface area (Å²) >= 11 is 1.01. The van der Waals surface area contributed by atoms with Crippen LogP contribution < -0.4 is 11.1 Å². The van der Waals surface area contributed by atoms with Crippen LogP contribution in [0.25, 0.3) is 0 Å². The lowest BCUT2D eigenvalue weighted by molar-refractivity contribution is -0.137. The van der Waals surface area contributed by atoms with Crippen LogP contribution in [0, 0.1) is 0 Å². The zero-order chi connectivity index (χ0) is 14.8. The number of anilines is 2. The Morgan fingerprint density at radius 1 is 1.25 bits per heavy atom. The van der Waals surface area contributed by atoms with Gasteiger partial charge >= 0.3 is 6.18 Å².